The molecule has 0 bridgehead atoms. The zero-order valence-electron chi connectivity index (χ0n) is 15.0. The van der Waals surface area contributed by atoms with E-state index in [1.165, 1.54) is 20.9 Å². The Kier molecular flexibility index (Phi) is 6.35. The zero-order valence-corrected chi connectivity index (χ0v) is 15.0. The molecule has 0 fully saturated rings. The monoisotopic (exact) mass is 360 g/mol. The molecule has 0 aliphatic rings. The zero-order chi connectivity index (χ0) is 19.3. The largest absolute Gasteiger partial charge is 0.391 e. The normalized spacial score (nSPS) is 14.3. The summed E-state index contributed by atoms with van der Waals surface area (Å²) in [5.41, 5.74) is 1.79. The van der Waals surface area contributed by atoms with Crippen molar-refractivity contribution in [2.24, 2.45) is 0 Å². The fourth-order valence-electron chi connectivity index (χ4n) is 2.79. The van der Waals surface area contributed by atoms with Crippen molar-refractivity contribution in [3.8, 4) is 0 Å². The van der Waals surface area contributed by atoms with E-state index in [1.807, 2.05) is 24.3 Å². The molecule has 1 heterocycles. The number of fused-ring (bicyclic) bond motifs is 1. The molecule has 0 aliphatic carbocycles. The van der Waals surface area contributed by atoms with Crippen LogP contribution in [0.3, 0.4) is 0 Å². The van der Waals surface area contributed by atoms with Crippen LogP contribution in [0.25, 0.3) is 10.9 Å². The highest BCUT2D eigenvalue weighted by Gasteiger charge is 2.29. The number of rotatable bonds is 7. The first-order valence-corrected chi connectivity index (χ1v) is 8.35. The molecule has 3 amide bonds. The quantitative estimate of drug-likeness (QED) is 0.470. The molecule has 0 saturated heterocycles. The summed E-state index contributed by atoms with van der Waals surface area (Å²) in [6.07, 6.45) is 0.956. The number of aliphatic hydroxyl groups is 1. The molecular formula is C18H24N4O4. The van der Waals surface area contributed by atoms with Gasteiger partial charge in [-0.2, -0.15) is 0 Å². The van der Waals surface area contributed by atoms with Crippen LogP contribution in [0.4, 0.5) is 0 Å². The van der Waals surface area contributed by atoms with Crippen molar-refractivity contribution >= 4 is 28.6 Å². The maximum atomic E-state index is 12.6. The number of H-pyrrole nitrogens is 1. The Morgan fingerprint density at radius 1 is 1.15 bits per heavy atom. The summed E-state index contributed by atoms with van der Waals surface area (Å²) in [6, 6.07) is 5.65. The van der Waals surface area contributed by atoms with Gasteiger partial charge < -0.3 is 26.0 Å². The van der Waals surface area contributed by atoms with Gasteiger partial charge in [0.05, 0.1) is 6.10 Å². The molecule has 3 atom stereocenters. The first-order valence-electron chi connectivity index (χ1n) is 8.35. The van der Waals surface area contributed by atoms with Crippen LogP contribution in [0.15, 0.2) is 30.5 Å². The number of carbonyl (C=O) groups is 3. The summed E-state index contributed by atoms with van der Waals surface area (Å²) in [4.78, 5) is 39.2. The summed E-state index contributed by atoms with van der Waals surface area (Å²) < 4.78 is 0. The second kappa shape index (κ2) is 8.48. The molecule has 8 heteroatoms. The molecule has 2 aromatic rings. The summed E-state index contributed by atoms with van der Waals surface area (Å²) in [5, 5.41) is 18.2. The first kappa shape index (κ1) is 19.5. The van der Waals surface area contributed by atoms with Gasteiger partial charge in [0.2, 0.25) is 17.7 Å². The van der Waals surface area contributed by atoms with Crippen molar-refractivity contribution < 1.29 is 19.5 Å². The van der Waals surface area contributed by atoms with Crippen LogP contribution in [0, 0.1) is 0 Å². The van der Waals surface area contributed by atoms with Gasteiger partial charge in [0.25, 0.3) is 0 Å². The van der Waals surface area contributed by atoms with Crippen molar-refractivity contribution in [1.29, 1.82) is 0 Å². The molecule has 1 aromatic heterocycles. The van der Waals surface area contributed by atoms with Gasteiger partial charge in [-0.1, -0.05) is 18.2 Å². The predicted octanol–water partition coefficient (Wildman–Crippen LogP) is -0.173. The van der Waals surface area contributed by atoms with Gasteiger partial charge in [-0.3, -0.25) is 14.4 Å². The van der Waals surface area contributed by atoms with Crippen LogP contribution in [0.2, 0.25) is 0 Å². The fourth-order valence-corrected chi connectivity index (χ4v) is 2.79. The third-order valence-corrected chi connectivity index (χ3v) is 4.10. The Balaban J connectivity index is 2.21. The second-order valence-electron chi connectivity index (χ2n) is 6.16. The Hall–Kier alpha value is -2.87. The predicted molar refractivity (Wildman–Crippen MR) is 97.3 cm³/mol. The lowest BCUT2D eigenvalue weighted by Gasteiger charge is -2.24. The minimum Gasteiger partial charge on any atom is -0.391 e. The van der Waals surface area contributed by atoms with Gasteiger partial charge in [-0.25, -0.2) is 0 Å². The van der Waals surface area contributed by atoms with Crippen LogP contribution < -0.4 is 16.0 Å². The lowest BCUT2D eigenvalue weighted by molar-refractivity contribution is -0.133. The topological polar surface area (TPSA) is 123 Å². The lowest BCUT2D eigenvalue weighted by Crippen LogP contribution is -2.57. The molecule has 0 aliphatic heterocycles. The van der Waals surface area contributed by atoms with Crippen LogP contribution in [0.5, 0.6) is 0 Å². The molecule has 0 saturated carbocycles. The van der Waals surface area contributed by atoms with Gasteiger partial charge in [0.1, 0.15) is 12.1 Å². The van der Waals surface area contributed by atoms with Crippen LogP contribution >= 0.6 is 0 Å². The van der Waals surface area contributed by atoms with Crippen molar-refractivity contribution in [3.63, 3.8) is 0 Å². The number of aliphatic hydroxyl groups excluding tert-OH is 1. The number of nitrogens with one attached hydrogen (secondary N) is 4. The van der Waals surface area contributed by atoms with Crippen LogP contribution in [0.1, 0.15) is 19.4 Å². The van der Waals surface area contributed by atoms with E-state index in [1.54, 1.807) is 6.20 Å². The standard InChI is InChI=1S/C18H24N4O4/c1-10(23)16(18(26)19-3)22-17(25)15(21-11(2)24)8-12-9-20-14-7-5-4-6-13(12)14/h4-7,9-10,15-16,20,23H,8H2,1-3H3,(H,19,26)(H,21,24)(H,22,25)/t10-,15+,16+/m1/s1. The Morgan fingerprint density at radius 2 is 1.85 bits per heavy atom. The van der Waals surface area contributed by atoms with Gasteiger partial charge in [-0.15, -0.1) is 0 Å². The number of hydrogen-bond acceptors (Lipinski definition) is 4. The van der Waals surface area contributed by atoms with Gasteiger partial charge >= 0.3 is 0 Å². The third kappa shape index (κ3) is 4.60. The smallest absolute Gasteiger partial charge is 0.245 e. The number of para-hydroxylation sites is 1. The third-order valence-electron chi connectivity index (χ3n) is 4.10. The molecular weight excluding hydrogens is 336 g/mol. The number of carbonyl (C=O) groups excluding carboxylic acids is 3. The average molecular weight is 360 g/mol. The fraction of sp³-hybridized carbons (Fsp3) is 0.389. The number of aromatic amines is 1. The molecule has 2 rings (SSSR count). The van der Waals surface area contributed by atoms with E-state index in [9.17, 15) is 19.5 Å². The van der Waals surface area contributed by atoms with Crippen molar-refractivity contribution in [3.05, 3.63) is 36.0 Å². The molecule has 0 unspecified atom stereocenters. The molecule has 26 heavy (non-hydrogen) atoms. The Morgan fingerprint density at radius 3 is 2.46 bits per heavy atom. The van der Waals surface area contributed by atoms with Gasteiger partial charge in [0.15, 0.2) is 0 Å². The SMILES string of the molecule is CNC(=O)[C@@H](NC(=O)[C@H](Cc1c[nH]c2ccccc12)NC(C)=O)[C@@H](C)O. The van der Waals surface area contributed by atoms with E-state index in [4.69, 9.17) is 0 Å². The molecule has 140 valence electrons. The van der Waals surface area contributed by atoms with E-state index in [-0.39, 0.29) is 12.3 Å². The molecule has 0 spiro atoms. The highest BCUT2D eigenvalue weighted by molar-refractivity contribution is 5.93. The Labute approximate surface area is 151 Å². The highest BCUT2D eigenvalue weighted by Crippen LogP contribution is 2.19. The number of likely N-dealkylation sites (N-methyl/N-ethyl adjacent to an activating group) is 1. The van der Waals surface area contributed by atoms with E-state index in [0.29, 0.717) is 0 Å². The summed E-state index contributed by atoms with van der Waals surface area (Å²) >= 11 is 0. The molecule has 8 nitrogen and oxygen atoms in total. The first-order chi connectivity index (χ1) is 12.3. The van der Waals surface area contributed by atoms with Gasteiger partial charge in [-0.05, 0) is 18.6 Å². The number of aromatic nitrogens is 1. The second-order valence-corrected chi connectivity index (χ2v) is 6.16. The van der Waals surface area contributed by atoms with Crippen molar-refractivity contribution in [2.75, 3.05) is 7.05 Å². The van der Waals surface area contributed by atoms with E-state index < -0.39 is 30.0 Å². The minimum absolute atomic E-state index is 0.246. The molecule has 0 radical (unpaired) electrons. The maximum Gasteiger partial charge on any atom is 0.245 e. The van der Waals surface area contributed by atoms with E-state index in [0.717, 1.165) is 16.5 Å². The molecule has 1 aromatic carbocycles. The van der Waals surface area contributed by atoms with E-state index >= 15 is 0 Å². The van der Waals surface area contributed by atoms with E-state index in [2.05, 4.69) is 20.9 Å². The highest BCUT2D eigenvalue weighted by atomic mass is 16.3. The maximum absolute atomic E-state index is 12.6. The summed E-state index contributed by atoms with van der Waals surface area (Å²) in [7, 11) is 1.42. The minimum atomic E-state index is -1.10. The average Bonchev–Trinajstić information content (AvgIpc) is 3.00. The summed E-state index contributed by atoms with van der Waals surface area (Å²) in [5.74, 6) is -1.42. The Bertz CT molecular complexity index is 799. The number of benzene rings is 1. The summed E-state index contributed by atoms with van der Waals surface area (Å²) in [6.45, 7) is 2.73. The van der Waals surface area contributed by atoms with Crippen LogP contribution in [-0.4, -0.2) is 53.0 Å². The molecule has 5 N–H and O–H groups in total. The number of amides is 3. The number of hydrogen-bond donors (Lipinski definition) is 5. The lowest BCUT2D eigenvalue weighted by atomic mass is 10.0. The van der Waals surface area contributed by atoms with Crippen LogP contribution in [-0.2, 0) is 20.8 Å². The van der Waals surface area contributed by atoms with Gasteiger partial charge in [0, 0.05) is 37.5 Å². The van der Waals surface area contributed by atoms with Crippen molar-refractivity contribution in [1.82, 2.24) is 20.9 Å². The van der Waals surface area contributed by atoms with Crippen molar-refractivity contribution in [2.45, 2.75) is 38.5 Å².